The van der Waals surface area contributed by atoms with E-state index in [-0.39, 0.29) is 77.0 Å². The topological polar surface area (TPSA) is 357 Å². The molecule has 2 aliphatic heterocycles. The van der Waals surface area contributed by atoms with Gasteiger partial charge in [0, 0.05) is 91.4 Å². The zero-order valence-corrected chi connectivity index (χ0v) is 41.4. The Morgan fingerprint density at radius 1 is 0.608 bits per heavy atom. The summed E-state index contributed by atoms with van der Waals surface area (Å²) in [5, 5.41) is 61.8. The van der Waals surface area contributed by atoms with Crippen LogP contribution in [0, 0.1) is 5.92 Å². The van der Waals surface area contributed by atoms with E-state index in [1.54, 1.807) is 14.7 Å². The van der Waals surface area contributed by atoms with Crippen LogP contribution >= 0.6 is 0 Å². The smallest absolute Gasteiger partial charge is 0.326 e. The number of fused-ring (bicyclic) bond motifs is 1. The largest absolute Gasteiger partial charge is 0.481 e. The molecule has 0 aromatic heterocycles. The number of nitrogens with one attached hydrogen (secondary N) is 5. The van der Waals surface area contributed by atoms with Crippen molar-refractivity contribution in [2.75, 3.05) is 105 Å². The maximum absolute atomic E-state index is 13.8. The molecule has 10 N–H and O–H groups in total. The molecule has 1 unspecified atom stereocenters. The van der Waals surface area contributed by atoms with Gasteiger partial charge in [0.25, 0.3) is 6.47 Å². The summed E-state index contributed by atoms with van der Waals surface area (Å²) in [7, 11) is 0. The SMILES string of the molecule is O=COCN1CCN(CC(=O)O)CCN(CC(=O)O)CCN(CC(=O)NCC2CCN(C(=O)N[C@@H](Cc3ccc4ccccc4c3)C(=O)NCCCCC(NC(=O)N[C@@H](CCC(=O)O)C(=O)O)C(=O)O)CC2)CC1. The molecule has 0 aliphatic carbocycles. The number of amides is 6. The minimum absolute atomic E-state index is 0.00444. The molecule has 26 heteroatoms. The summed E-state index contributed by atoms with van der Waals surface area (Å²) in [6.45, 7) is 3.57. The van der Waals surface area contributed by atoms with Crippen LogP contribution in [0.15, 0.2) is 42.5 Å². The van der Waals surface area contributed by atoms with E-state index in [0.717, 1.165) is 16.3 Å². The van der Waals surface area contributed by atoms with E-state index in [1.165, 1.54) is 0 Å². The average Bonchev–Trinajstić information content (AvgIpc) is 3.35. The Bertz CT molecular complexity index is 2230. The number of urea groups is 2. The van der Waals surface area contributed by atoms with Crippen molar-refractivity contribution in [3.63, 3.8) is 0 Å². The van der Waals surface area contributed by atoms with Crippen molar-refractivity contribution >= 4 is 71.0 Å². The Kier molecular flexibility index (Phi) is 25.2. The first-order valence-electron chi connectivity index (χ1n) is 24.6. The number of unbranched alkanes of at least 4 members (excludes halogenated alkanes) is 1. The number of carbonyl (C=O) groups is 10. The highest BCUT2D eigenvalue weighted by molar-refractivity contribution is 5.89. The number of benzene rings is 2. The lowest BCUT2D eigenvalue weighted by atomic mass is 9.97. The van der Waals surface area contributed by atoms with Crippen LogP contribution in [0.4, 0.5) is 9.59 Å². The molecule has 408 valence electrons. The van der Waals surface area contributed by atoms with Gasteiger partial charge < -0.3 is 61.8 Å². The standard InChI is InChI=1S/C48H70N10O16/c59-32-74-31-57-23-21-54(17-18-55(29-42(63)64)19-20-56(22-24-57)30-43(65)66)28-40(60)50-27-33-12-15-58(16-13-33)48(73)53-39(26-34-8-9-35-5-1-2-6-36(35)25-34)44(67)49-14-4-3-7-37(45(68)69)51-47(72)52-38(46(70)71)10-11-41(61)62/h1-2,5-6,8-9,25,32-33,37-39H,3-4,7,10-24,26-31H2,(H,49,67)(H,50,60)(H,53,73)(H,61,62)(H,63,64)(H,65,66)(H,68,69)(H,70,71)(H2,51,52,72)/t37?,38-,39-/m0/s1. The molecule has 0 radical (unpaired) electrons. The van der Waals surface area contributed by atoms with E-state index in [0.29, 0.717) is 84.8 Å². The molecule has 0 saturated carbocycles. The molecule has 2 fully saturated rings. The lowest BCUT2D eigenvalue weighted by Gasteiger charge is -2.34. The molecule has 2 heterocycles. The molecule has 4 rings (SSSR count). The molecular weight excluding hydrogens is 973 g/mol. The van der Waals surface area contributed by atoms with Crippen molar-refractivity contribution in [3.05, 3.63) is 48.0 Å². The van der Waals surface area contributed by atoms with E-state index in [4.69, 9.17) is 9.84 Å². The van der Waals surface area contributed by atoms with Gasteiger partial charge in [0.1, 0.15) is 24.9 Å². The van der Waals surface area contributed by atoms with Crippen molar-refractivity contribution in [1.82, 2.24) is 51.1 Å². The first-order valence-corrected chi connectivity index (χ1v) is 24.6. The van der Waals surface area contributed by atoms with Crippen LogP contribution in [0.5, 0.6) is 0 Å². The van der Waals surface area contributed by atoms with Gasteiger partial charge in [-0.2, -0.15) is 0 Å². The number of carboxylic acids is 5. The highest BCUT2D eigenvalue weighted by Crippen LogP contribution is 2.19. The number of carboxylic acid groups (broad SMARTS) is 5. The summed E-state index contributed by atoms with van der Waals surface area (Å²) in [4.78, 5) is 130. The van der Waals surface area contributed by atoms with E-state index in [9.17, 15) is 68.4 Å². The highest BCUT2D eigenvalue weighted by atomic mass is 16.5. The predicted molar refractivity (Wildman–Crippen MR) is 264 cm³/mol. The summed E-state index contributed by atoms with van der Waals surface area (Å²) in [6.07, 6.45) is 0.763. The average molecular weight is 1040 g/mol. The van der Waals surface area contributed by atoms with Gasteiger partial charge in [0.15, 0.2) is 0 Å². The molecule has 2 aromatic rings. The van der Waals surface area contributed by atoms with Crippen LogP contribution in [0.25, 0.3) is 10.8 Å². The van der Waals surface area contributed by atoms with Gasteiger partial charge in [-0.1, -0.05) is 42.5 Å². The normalized spacial score (nSPS) is 17.0. The number of hydrogen-bond acceptors (Lipinski definition) is 15. The molecule has 0 spiro atoms. The number of nitrogens with zero attached hydrogens (tertiary/aromatic N) is 5. The van der Waals surface area contributed by atoms with E-state index in [2.05, 4.69) is 26.6 Å². The van der Waals surface area contributed by atoms with Gasteiger partial charge in [-0.05, 0) is 60.8 Å². The van der Waals surface area contributed by atoms with E-state index >= 15 is 0 Å². The quantitative estimate of drug-likeness (QED) is 0.0385. The Labute approximate surface area is 427 Å². The Morgan fingerprint density at radius 2 is 1.16 bits per heavy atom. The first-order chi connectivity index (χ1) is 35.4. The van der Waals surface area contributed by atoms with Crippen LogP contribution in [-0.4, -0.2) is 233 Å². The van der Waals surface area contributed by atoms with Gasteiger partial charge in [-0.15, -0.1) is 0 Å². The van der Waals surface area contributed by atoms with Gasteiger partial charge >= 0.3 is 41.9 Å². The van der Waals surface area contributed by atoms with Crippen LogP contribution in [0.2, 0.25) is 0 Å². The third-order valence-electron chi connectivity index (χ3n) is 12.8. The van der Waals surface area contributed by atoms with Crippen molar-refractivity contribution in [3.8, 4) is 0 Å². The summed E-state index contributed by atoms with van der Waals surface area (Å²) in [5.41, 5.74) is 0.791. The zero-order chi connectivity index (χ0) is 54.0. The molecule has 74 heavy (non-hydrogen) atoms. The van der Waals surface area contributed by atoms with Crippen molar-refractivity contribution in [2.24, 2.45) is 5.92 Å². The molecule has 2 aromatic carbocycles. The number of aliphatic carboxylic acids is 5. The summed E-state index contributed by atoms with van der Waals surface area (Å²) < 4.78 is 4.99. The van der Waals surface area contributed by atoms with Crippen LogP contribution < -0.4 is 26.6 Å². The fourth-order valence-corrected chi connectivity index (χ4v) is 8.56. The fourth-order valence-electron chi connectivity index (χ4n) is 8.56. The minimum Gasteiger partial charge on any atom is -0.481 e. The van der Waals surface area contributed by atoms with Gasteiger partial charge in [-0.3, -0.25) is 48.4 Å². The van der Waals surface area contributed by atoms with Crippen LogP contribution in [0.3, 0.4) is 0 Å². The van der Waals surface area contributed by atoms with E-state index < -0.39 is 78.8 Å². The van der Waals surface area contributed by atoms with Crippen molar-refractivity contribution in [2.45, 2.75) is 69.5 Å². The number of rotatable bonds is 27. The molecule has 6 amide bonds. The Morgan fingerprint density at radius 3 is 1.72 bits per heavy atom. The summed E-state index contributed by atoms with van der Waals surface area (Å²) in [6, 6.07) is 7.92. The Hall–Kier alpha value is -7.16. The summed E-state index contributed by atoms with van der Waals surface area (Å²) in [5.74, 6) is -6.88. The van der Waals surface area contributed by atoms with E-state index in [1.807, 2.05) is 52.3 Å². The molecule has 3 atom stereocenters. The molecular formula is C48H70N10O16. The third-order valence-corrected chi connectivity index (χ3v) is 12.8. The second-order valence-corrected chi connectivity index (χ2v) is 18.4. The van der Waals surface area contributed by atoms with Gasteiger partial charge in [0.2, 0.25) is 11.8 Å². The number of carbonyl (C=O) groups excluding carboxylic acids is 5. The van der Waals surface area contributed by atoms with Crippen LogP contribution in [0.1, 0.15) is 50.5 Å². The number of likely N-dealkylation sites (tertiary alicyclic amines) is 1. The van der Waals surface area contributed by atoms with Gasteiger partial charge in [0.05, 0.1) is 19.6 Å². The molecule has 2 saturated heterocycles. The van der Waals surface area contributed by atoms with Crippen molar-refractivity contribution < 1.29 is 78.2 Å². The fraction of sp³-hybridized carbons (Fsp3) is 0.583. The highest BCUT2D eigenvalue weighted by Gasteiger charge is 2.29. The maximum Gasteiger partial charge on any atom is 0.326 e. The second kappa shape index (κ2) is 31.4. The zero-order valence-electron chi connectivity index (χ0n) is 41.4. The van der Waals surface area contributed by atoms with Crippen molar-refractivity contribution in [1.29, 1.82) is 0 Å². The molecule has 2 aliphatic rings. The third kappa shape index (κ3) is 22.3. The molecule has 0 bridgehead atoms. The lowest BCUT2D eigenvalue weighted by Crippen LogP contribution is -2.54. The number of piperidine rings is 1. The number of ether oxygens (including phenoxy) is 1. The number of hydrogen-bond donors (Lipinski definition) is 10. The maximum atomic E-state index is 13.8. The van der Waals surface area contributed by atoms with Gasteiger partial charge in [-0.25, -0.2) is 19.2 Å². The first kappa shape index (κ1) is 59.4. The lowest BCUT2D eigenvalue weighted by molar-refractivity contribution is -0.141. The summed E-state index contributed by atoms with van der Waals surface area (Å²) >= 11 is 0. The minimum atomic E-state index is -1.55. The second-order valence-electron chi connectivity index (χ2n) is 18.4. The Balaban J connectivity index is 1.29. The molecule has 26 nitrogen and oxygen atoms in total. The van der Waals surface area contributed by atoms with Crippen LogP contribution in [-0.2, 0) is 49.5 Å². The predicted octanol–water partition coefficient (Wildman–Crippen LogP) is -0.833. The monoisotopic (exact) mass is 1040 g/mol.